The highest BCUT2D eigenvalue weighted by Gasteiger charge is 2.26. The molecule has 102 valence electrons. The second-order valence-corrected chi connectivity index (χ2v) is 5.81. The zero-order valence-corrected chi connectivity index (χ0v) is 11.8. The van der Waals surface area contributed by atoms with E-state index >= 15 is 0 Å². The highest BCUT2D eigenvalue weighted by Crippen LogP contribution is 2.32. The number of hydrogen-bond acceptors (Lipinski definition) is 2. The van der Waals surface area contributed by atoms with E-state index < -0.39 is 0 Å². The van der Waals surface area contributed by atoms with Gasteiger partial charge >= 0.3 is 0 Å². The minimum absolute atomic E-state index is 0.669. The van der Waals surface area contributed by atoms with E-state index in [0.29, 0.717) is 6.04 Å². The molecule has 2 heteroatoms. The van der Waals surface area contributed by atoms with Crippen LogP contribution in [0.5, 0.6) is 0 Å². The summed E-state index contributed by atoms with van der Waals surface area (Å²) in [6.07, 6.45) is 9.69. The lowest BCUT2D eigenvalue weighted by molar-refractivity contribution is 0.215. The van der Waals surface area contributed by atoms with Crippen LogP contribution in [0.1, 0.15) is 51.7 Å². The van der Waals surface area contributed by atoms with Crippen LogP contribution in [0.3, 0.4) is 0 Å². The summed E-state index contributed by atoms with van der Waals surface area (Å²) in [5, 5.41) is 3.69. The maximum atomic E-state index is 5.44. The van der Waals surface area contributed by atoms with Crippen LogP contribution in [0, 0.1) is 11.8 Å². The minimum Gasteiger partial charge on any atom is -0.469 e. The molecule has 0 amide bonds. The van der Waals surface area contributed by atoms with Crippen molar-refractivity contribution in [1.82, 2.24) is 5.32 Å². The van der Waals surface area contributed by atoms with Gasteiger partial charge in [-0.25, -0.2) is 0 Å². The SMILES string of the molecule is CCNC(CCc1ccco1)C1CCCC(C)C1. The molecule has 2 nitrogen and oxygen atoms in total. The van der Waals surface area contributed by atoms with Gasteiger partial charge in [0.25, 0.3) is 0 Å². The van der Waals surface area contributed by atoms with Gasteiger partial charge in [-0.15, -0.1) is 0 Å². The molecule has 0 radical (unpaired) electrons. The Labute approximate surface area is 111 Å². The van der Waals surface area contributed by atoms with Crippen LogP contribution < -0.4 is 5.32 Å². The smallest absolute Gasteiger partial charge is 0.103 e. The monoisotopic (exact) mass is 249 g/mol. The lowest BCUT2D eigenvalue weighted by Gasteiger charge is -2.33. The lowest BCUT2D eigenvalue weighted by Crippen LogP contribution is -2.38. The molecular weight excluding hydrogens is 222 g/mol. The van der Waals surface area contributed by atoms with Crippen LogP contribution in [0.2, 0.25) is 0 Å². The third-order valence-corrected chi connectivity index (χ3v) is 4.29. The summed E-state index contributed by atoms with van der Waals surface area (Å²) < 4.78 is 5.44. The molecule has 0 bridgehead atoms. The Morgan fingerprint density at radius 2 is 2.33 bits per heavy atom. The van der Waals surface area contributed by atoms with Gasteiger partial charge in [0.05, 0.1) is 6.26 Å². The first-order chi connectivity index (χ1) is 8.79. The number of nitrogens with one attached hydrogen (secondary N) is 1. The standard InChI is InChI=1S/C16H27NO/c1-3-17-16(10-9-15-8-5-11-18-15)14-7-4-6-13(2)12-14/h5,8,11,13-14,16-17H,3-4,6-7,9-10,12H2,1-2H3. The summed E-state index contributed by atoms with van der Waals surface area (Å²) in [4.78, 5) is 0. The van der Waals surface area contributed by atoms with Crippen LogP contribution in [0.4, 0.5) is 0 Å². The number of aryl methyl sites for hydroxylation is 1. The minimum atomic E-state index is 0.669. The molecule has 0 spiro atoms. The summed E-state index contributed by atoms with van der Waals surface area (Å²) in [5.74, 6) is 2.90. The van der Waals surface area contributed by atoms with Crippen molar-refractivity contribution in [3.8, 4) is 0 Å². The average molecular weight is 249 g/mol. The molecule has 2 rings (SSSR count). The quantitative estimate of drug-likeness (QED) is 0.824. The van der Waals surface area contributed by atoms with Gasteiger partial charge in [-0.2, -0.15) is 0 Å². The van der Waals surface area contributed by atoms with Crippen molar-refractivity contribution in [3.05, 3.63) is 24.2 Å². The van der Waals surface area contributed by atoms with Crippen LogP contribution in [0.25, 0.3) is 0 Å². The molecule has 1 aromatic heterocycles. The Hall–Kier alpha value is -0.760. The number of rotatable bonds is 6. The fraction of sp³-hybridized carbons (Fsp3) is 0.750. The maximum absolute atomic E-state index is 5.44. The van der Waals surface area contributed by atoms with E-state index in [1.54, 1.807) is 6.26 Å². The number of furan rings is 1. The molecule has 1 N–H and O–H groups in total. The zero-order chi connectivity index (χ0) is 12.8. The molecule has 3 unspecified atom stereocenters. The fourth-order valence-electron chi connectivity index (χ4n) is 3.37. The van der Waals surface area contributed by atoms with Crippen molar-refractivity contribution in [1.29, 1.82) is 0 Å². The Kier molecular flexibility index (Phi) is 5.30. The molecule has 1 aromatic rings. The zero-order valence-electron chi connectivity index (χ0n) is 11.8. The molecule has 18 heavy (non-hydrogen) atoms. The topological polar surface area (TPSA) is 25.2 Å². The predicted octanol–water partition coefficient (Wildman–Crippen LogP) is 4.02. The largest absolute Gasteiger partial charge is 0.469 e. The molecule has 0 aromatic carbocycles. The molecule has 1 fully saturated rings. The maximum Gasteiger partial charge on any atom is 0.103 e. The summed E-state index contributed by atoms with van der Waals surface area (Å²) in [7, 11) is 0. The Morgan fingerprint density at radius 1 is 1.44 bits per heavy atom. The molecule has 0 aliphatic heterocycles. The van der Waals surface area contributed by atoms with Crippen molar-refractivity contribution >= 4 is 0 Å². The molecule has 1 aliphatic rings. The highest BCUT2D eigenvalue weighted by molar-refractivity contribution is 4.99. The number of hydrogen-bond donors (Lipinski definition) is 1. The van der Waals surface area contributed by atoms with Gasteiger partial charge in [-0.3, -0.25) is 0 Å². The van der Waals surface area contributed by atoms with E-state index in [1.165, 1.54) is 32.1 Å². The first-order valence-corrected chi connectivity index (χ1v) is 7.55. The Balaban J connectivity index is 1.86. The van der Waals surface area contributed by atoms with Gasteiger partial charge in [0.15, 0.2) is 0 Å². The Morgan fingerprint density at radius 3 is 3.00 bits per heavy atom. The van der Waals surface area contributed by atoms with Crippen LogP contribution in [-0.4, -0.2) is 12.6 Å². The van der Waals surface area contributed by atoms with E-state index in [0.717, 1.165) is 30.6 Å². The summed E-state index contributed by atoms with van der Waals surface area (Å²) in [6.45, 7) is 5.70. The van der Waals surface area contributed by atoms with Gasteiger partial charge in [-0.05, 0) is 49.8 Å². The highest BCUT2D eigenvalue weighted by atomic mass is 16.3. The van der Waals surface area contributed by atoms with Gasteiger partial charge in [0, 0.05) is 12.5 Å². The summed E-state index contributed by atoms with van der Waals surface area (Å²) in [6, 6.07) is 4.75. The fourth-order valence-corrected chi connectivity index (χ4v) is 3.37. The first-order valence-electron chi connectivity index (χ1n) is 7.55. The Bertz CT molecular complexity index is 320. The van der Waals surface area contributed by atoms with Crippen molar-refractivity contribution in [3.63, 3.8) is 0 Å². The third-order valence-electron chi connectivity index (χ3n) is 4.29. The van der Waals surface area contributed by atoms with E-state index in [9.17, 15) is 0 Å². The average Bonchev–Trinajstić information content (AvgIpc) is 2.87. The van der Waals surface area contributed by atoms with Gasteiger partial charge < -0.3 is 9.73 Å². The second kappa shape index (κ2) is 6.98. The van der Waals surface area contributed by atoms with E-state index in [-0.39, 0.29) is 0 Å². The van der Waals surface area contributed by atoms with E-state index in [4.69, 9.17) is 4.42 Å². The van der Waals surface area contributed by atoms with E-state index in [1.807, 2.05) is 6.07 Å². The van der Waals surface area contributed by atoms with Crippen molar-refractivity contribution in [2.75, 3.05) is 6.54 Å². The molecule has 3 atom stereocenters. The van der Waals surface area contributed by atoms with Crippen molar-refractivity contribution in [2.24, 2.45) is 11.8 Å². The summed E-state index contributed by atoms with van der Waals surface area (Å²) >= 11 is 0. The molecule has 0 saturated heterocycles. The third kappa shape index (κ3) is 3.88. The van der Waals surface area contributed by atoms with E-state index in [2.05, 4.69) is 25.2 Å². The van der Waals surface area contributed by atoms with Crippen LogP contribution >= 0.6 is 0 Å². The lowest BCUT2D eigenvalue weighted by atomic mass is 9.77. The normalized spacial score (nSPS) is 26.1. The van der Waals surface area contributed by atoms with Crippen LogP contribution in [0.15, 0.2) is 22.8 Å². The summed E-state index contributed by atoms with van der Waals surface area (Å²) in [5.41, 5.74) is 0. The molecular formula is C16H27NO. The molecule has 1 heterocycles. The first kappa shape index (κ1) is 13.7. The molecule has 1 aliphatic carbocycles. The van der Waals surface area contributed by atoms with Crippen LogP contribution in [-0.2, 0) is 6.42 Å². The van der Waals surface area contributed by atoms with Gasteiger partial charge in [0.1, 0.15) is 5.76 Å². The predicted molar refractivity (Wildman–Crippen MR) is 75.6 cm³/mol. The van der Waals surface area contributed by atoms with Gasteiger partial charge in [0.2, 0.25) is 0 Å². The van der Waals surface area contributed by atoms with Crippen molar-refractivity contribution < 1.29 is 4.42 Å². The second-order valence-electron chi connectivity index (χ2n) is 5.81. The van der Waals surface area contributed by atoms with Crippen molar-refractivity contribution in [2.45, 2.75) is 58.4 Å². The molecule has 1 saturated carbocycles. The van der Waals surface area contributed by atoms with Gasteiger partial charge in [-0.1, -0.05) is 26.7 Å².